The Morgan fingerprint density at radius 1 is 1.25 bits per heavy atom. The van der Waals surface area contributed by atoms with Crippen molar-refractivity contribution < 1.29 is 4.74 Å². The fraction of sp³-hybridized carbons (Fsp3) is 0.538. The normalized spacial score (nSPS) is 10.4. The third kappa shape index (κ3) is 4.11. The molecule has 0 saturated heterocycles. The van der Waals surface area contributed by atoms with Crippen molar-refractivity contribution in [3.63, 3.8) is 0 Å². The lowest BCUT2D eigenvalue weighted by Gasteiger charge is -2.20. The summed E-state index contributed by atoms with van der Waals surface area (Å²) < 4.78 is 5.52. The first-order chi connectivity index (χ1) is 7.75. The molecule has 2 N–H and O–H groups in total. The molecule has 1 aromatic carbocycles. The number of para-hydroxylation sites is 2. The lowest BCUT2D eigenvalue weighted by Crippen LogP contribution is -2.23. The van der Waals surface area contributed by atoms with Crippen LogP contribution in [0.5, 0.6) is 0 Å². The molecule has 1 aromatic rings. The quantitative estimate of drug-likeness (QED) is 0.569. The first-order valence-electron chi connectivity index (χ1n) is 5.89. The largest absolute Gasteiger partial charge is 0.397 e. The molecule has 3 nitrogen and oxygen atoms in total. The third-order valence-electron chi connectivity index (χ3n) is 2.56. The van der Waals surface area contributed by atoms with E-state index in [-0.39, 0.29) is 0 Å². The third-order valence-corrected chi connectivity index (χ3v) is 2.56. The van der Waals surface area contributed by atoms with Crippen LogP contribution in [0.2, 0.25) is 0 Å². The van der Waals surface area contributed by atoms with Crippen LogP contribution < -0.4 is 10.6 Å². The maximum Gasteiger partial charge on any atom is 0.0641 e. The van der Waals surface area contributed by atoms with E-state index in [2.05, 4.69) is 11.8 Å². The molecule has 0 spiro atoms. The van der Waals surface area contributed by atoms with Gasteiger partial charge in [-0.3, -0.25) is 0 Å². The van der Waals surface area contributed by atoms with E-state index in [1.165, 1.54) is 6.42 Å². The van der Waals surface area contributed by atoms with Crippen LogP contribution in [0.4, 0.5) is 11.4 Å². The van der Waals surface area contributed by atoms with Gasteiger partial charge in [-0.1, -0.05) is 25.5 Å². The summed E-state index contributed by atoms with van der Waals surface area (Å²) in [6, 6.07) is 7.90. The van der Waals surface area contributed by atoms with Crippen LogP contribution in [0.25, 0.3) is 0 Å². The molecule has 0 unspecified atom stereocenters. The Balaban J connectivity index is 2.30. The second-order valence-corrected chi connectivity index (χ2v) is 3.95. The van der Waals surface area contributed by atoms with Gasteiger partial charge in [0.2, 0.25) is 0 Å². The summed E-state index contributed by atoms with van der Waals surface area (Å²) in [6.07, 6.45) is 2.32. The van der Waals surface area contributed by atoms with E-state index >= 15 is 0 Å². The maximum atomic E-state index is 5.89. The zero-order valence-corrected chi connectivity index (χ0v) is 10.3. The predicted molar refractivity (Wildman–Crippen MR) is 69.9 cm³/mol. The summed E-state index contributed by atoms with van der Waals surface area (Å²) in [7, 11) is 2.04. The zero-order chi connectivity index (χ0) is 11.8. The van der Waals surface area contributed by atoms with Crippen LogP contribution in [0.15, 0.2) is 24.3 Å². The van der Waals surface area contributed by atoms with Gasteiger partial charge in [-0.2, -0.15) is 0 Å². The highest BCUT2D eigenvalue weighted by Crippen LogP contribution is 2.20. The van der Waals surface area contributed by atoms with E-state index in [9.17, 15) is 0 Å². The molecule has 0 aliphatic heterocycles. The molecule has 3 heteroatoms. The number of benzene rings is 1. The summed E-state index contributed by atoms with van der Waals surface area (Å²) in [6.45, 7) is 4.65. The highest BCUT2D eigenvalue weighted by atomic mass is 16.5. The smallest absolute Gasteiger partial charge is 0.0641 e. The topological polar surface area (TPSA) is 38.5 Å². The van der Waals surface area contributed by atoms with Gasteiger partial charge in [-0.25, -0.2) is 0 Å². The standard InChI is InChI=1S/C13H22N2O/c1-3-4-10-16-11-9-15(2)13-8-6-5-7-12(13)14/h5-8H,3-4,9-11,14H2,1-2H3. The number of hydrogen-bond donors (Lipinski definition) is 1. The fourth-order valence-electron chi connectivity index (χ4n) is 1.51. The predicted octanol–water partition coefficient (Wildman–Crippen LogP) is 2.52. The van der Waals surface area contributed by atoms with E-state index in [1.54, 1.807) is 0 Å². The fourth-order valence-corrected chi connectivity index (χ4v) is 1.51. The van der Waals surface area contributed by atoms with Gasteiger partial charge in [0.1, 0.15) is 0 Å². The number of nitrogens with zero attached hydrogens (tertiary/aromatic N) is 1. The molecular weight excluding hydrogens is 200 g/mol. The van der Waals surface area contributed by atoms with Crippen molar-refractivity contribution >= 4 is 11.4 Å². The highest BCUT2D eigenvalue weighted by Gasteiger charge is 2.03. The van der Waals surface area contributed by atoms with Crippen molar-refractivity contribution in [2.24, 2.45) is 0 Å². The van der Waals surface area contributed by atoms with E-state index < -0.39 is 0 Å². The second-order valence-electron chi connectivity index (χ2n) is 3.95. The Labute approximate surface area is 98.2 Å². The average molecular weight is 222 g/mol. The second kappa shape index (κ2) is 7.12. The molecule has 0 radical (unpaired) electrons. The lowest BCUT2D eigenvalue weighted by molar-refractivity contribution is 0.138. The lowest BCUT2D eigenvalue weighted by atomic mass is 10.2. The summed E-state index contributed by atoms with van der Waals surface area (Å²) in [5.74, 6) is 0. The monoisotopic (exact) mass is 222 g/mol. The molecule has 16 heavy (non-hydrogen) atoms. The molecule has 0 amide bonds. The number of nitrogens with two attached hydrogens (primary N) is 1. The van der Waals surface area contributed by atoms with Crippen LogP contribution in [-0.4, -0.2) is 26.8 Å². The summed E-state index contributed by atoms with van der Waals surface area (Å²) in [5.41, 5.74) is 7.78. The molecule has 0 bridgehead atoms. The van der Waals surface area contributed by atoms with Gasteiger partial charge in [0, 0.05) is 20.2 Å². The molecule has 1 rings (SSSR count). The Morgan fingerprint density at radius 3 is 2.69 bits per heavy atom. The number of nitrogen functional groups attached to an aromatic ring is 1. The van der Waals surface area contributed by atoms with Gasteiger partial charge in [0.15, 0.2) is 0 Å². The Hall–Kier alpha value is -1.22. The Bertz CT molecular complexity index is 302. The summed E-state index contributed by atoms with van der Waals surface area (Å²) >= 11 is 0. The van der Waals surface area contributed by atoms with Crippen molar-refractivity contribution in [2.45, 2.75) is 19.8 Å². The number of unbranched alkanes of at least 4 members (excludes halogenated alkanes) is 1. The Kier molecular flexibility index (Phi) is 5.72. The van der Waals surface area contributed by atoms with Crippen molar-refractivity contribution in [2.75, 3.05) is 37.4 Å². The van der Waals surface area contributed by atoms with Crippen LogP contribution in [0.3, 0.4) is 0 Å². The zero-order valence-electron chi connectivity index (χ0n) is 10.3. The van der Waals surface area contributed by atoms with E-state index in [1.807, 2.05) is 31.3 Å². The van der Waals surface area contributed by atoms with Gasteiger partial charge in [-0.05, 0) is 18.6 Å². The van der Waals surface area contributed by atoms with Gasteiger partial charge in [0.05, 0.1) is 18.0 Å². The van der Waals surface area contributed by atoms with Crippen LogP contribution in [0, 0.1) is 0 Å². The molecule has 0 fully saturated rings. The van der Waals surface area contributed by atoms with Crippen molar-refractivity contribution in [3.8, 4) is 0 Å². The minimum Gasteiger partial charge on any atom is -0.397 e. The molecule has 0 aliphatic rings. The van der Waals surface area contributed by atoms with Crippen molar-refractivity contribution in [1.29, 1.82) is 0 Å². The van der Waals surface area contributed by atoms with Gasteiger partial charge in [-0.15, -0.1) is 0 Å². The average Bonchev–Trinajstić information content (AvgIpc) is 2.29. The minimum absolute atomic E-state index is 0.755. The molecule has 0 heterocycles. The molecule has 0 aromatic heterocycles. The van der Waals surface area contributed by atoms with Crippen LogP contribution >= 0.6 is 0 Å². The van der Waals surface area contributed by atoms with E-state index in [0.29, 0.717) is 0 Å². The van der Waals surface area contributed by atoms with E-state index in [0.717, 1.165) is 37.6 Å². The molecule has 0 atom stereocenters. The Morgan fingerprint density at radius 2 is 2.00 bits per heavy atom. The van der Waals surface area contributed by atoms with Gasteiger partial charge < -0.3 is 15.4 Å². The number of anilines is 2. The van der Waals surface area contributed by atoms with Crippen molar-refractivity contribution in [1.82, 2.24) is 0 Å². The molecule has 0 saturated carbocycles. The summed E-state index contributed by atoms with van der Waals surface area (Å²) in [4.78, 5) is 2.13. The number of rotatable bonds is 7. The molecular formula is C13H22N2O. The van der Waals surface area contributed by atoms with Crippen LogP contribution in [0.1, 0.15) is 19.8 Å². The van der Waals surface area contributed by atoms with Gasteiger partial charge >= 0.3 is 0 Å². The molecule has 90 valence electrons. The minimum atomic E-state index is 0.755. The first kappa shape index (κ1) is 12.8. The number of ether oxygens (including phenoxy) is 1. The van der Waals surface area contributed by atoms with Crippen LogP contribution in [-0.2, 0) is 4.74 Å². The first-order valence-corrected chi connectivity index (χ1v) is 5.89. The van der Waals surface area contributed by atoms with Gasteiger partial charge in [0.25, 0.3) is 0 Å². The highest BCUT2D eigenvalue weighted by molar-refractivity contribution is 5.66. The number of likely N-dealkylation sites (N-methyl/N-ethyl adjacent to an activating group) is 1. The molecule has 0 aliphatic carbocycles. The SMILES string of the molecule is CCCCOCCN(C)c1ccccc1N. The van der Waals surface area contributed by atoms with E-state index in [4.69, 9.17) is 10.5 Å². The summed E-state index contributed by atoms with van der Waals surface area (Å²) in [5, 5.41) is 0. The number of hydrogen-bond acceptors (Lipinski definition) is 3. The van der Waals surface area contributed by atoms with Crippen molar-refractivity contribution in [3.05, 3.63) is 24.3 Å². The maximum absolute atomic E-state index is 5.89.